The van der Waals surface area contributed by atoms with E-state index in [9.17, 15) is 4.79 Å². The van der Waals surface area contributed by atoms with Gasteiger partial charge in [0.1, 0.15) is 11.2 Å². The van der Waals surface area contributed by atoms with Crippen molar-refractivity contribution in [1.82, 2.24) is 14.7 Å². The summed E-state index contributed by atoms with van der Waals surface area (Å²) in [5.74, 6) is 0. The second-order valence-corrected chi connectivity index (χ2v) is 7.64. The molecule has 1 fully saturated rings. The lowest BCUT2D eigenvalue weighted by atomic mass is 10.1. The third-order valence-electron chi connectivity index (χ3n) is 5.28. The van der Waals surface area contributed by atoms with Gasteiger partial charge in [-0.1, -0.05) is 6.07 Å². The Morgan fingerprint density at radius 1 is 1.11 bits per heavy atom. The molecule has 1 N–H and O–H groups in total. The van der Waals surface area contributed by atoms with Crippen LogP contribution < -0.4 is 15.8 Å². The standard InChI is InChI=1S/C22H22N4O2/c1-14-11-26(12-15(2)23-14)17-7-6-16-9-18(22(27)28-20(16)10-17)19-13-25-8-4-3-5-21(25)24-19/h3-10,13-15,23H,11-12H2,1-2H3/t14-,15+. The minimum absolute atomic E-state index is 0.366. The molecule has 1 aliphatic heterocycles. The number of nitrogens with zero attached hydrogens (tertiary/aromatic N) is 3. The zero-order valence-corrected chi connectivity index (χ0v) is 15.9. The highest BCUT2D eigenvalue weighted by Gasteiger charge is 2.21. The van der Waals surface area contributed by atoms with Gasteiger partial charge < -0.3 is 19.0 Å². The lowest BCUT2D eigenvalue weighted by molar-refractivity contribution is 0.407. The lowest BCUT2D eigenvalue weighted by Crippen LogP contribution is -2.54. The van der Waals surface area contributed by atoms with E-state index in [-0.39, 0.29) is 5.63 Å². The van der Waals surface area contributed by atoms with Crippen LogP contribution >= 0.6 is 0 Å². The van der Waals surface area contributed by atoms with Gasteiger partial charge in [-0.15, -0.1) is 0 Å². The van der Waals surface area contributed by atoms with Gasteiger partial charge in [-0.25, -0.2) is 9.78 Å². The van der Waals surface area contributed by atoms with Crippen LogP contribution in [-0.2, 0) is 0 Å². The number of aromatic nitrogens is 2. The Labute approximate surface area is 162 Å². The second kappa shape index (κ2) is 6.49. The van der Waals surface area contributed by atoms with Gasteiger partial charge in [-0.3, -0.25) is 0 Å². The number of benzene rings is 1. The van der Waals surface area contributed by atoms with Crippen molar-refractivity contribution in [2.45, 2.75) is 25.9 Å². The number of hydrogen-bond donors (Lipinski definition) is 1. The van der Waals surface area contributed by atoms with Crippen molar-refractivity contribution in [2.24, 2.45) is 0 Å². The van der Waals surface area contributed by atoms with Crippen LogP contribution in [0.5, 0.6) is 0 Å². The molecule has 0 radical (unpaired) electrons. The summed E-state index contributed by atoms with van der Waals surface area (Å²) in [5.41, 5.74) is 3.22. The van der Waals surface area contributed by atoms with Gasteiger partial charge in [-0.2, -0.15) is 0 Å². The number of nitrogens with one attached hydrogen (secondary N) is 1. The molecule has 2 atom stereocenters. The summed E-state index contributed by atoms with van der Waals surface area (Å²) in [7, 11) is 0. The largest absolute Gasteiger partial charge is 0.422 e. The maximum Gasteiger partial charge on any atom is 0.345 e. The molecule has 0 unspecified atom stereocenters. The molecule has 6 heteroatoms. The Balaban J connectivity index is 1.55. The minimum Gasteiger partial charge on any atom is -0.422 e. The van der Waals surface area contributed by atoms with Crippen LogP contribution in [0, 0.1) is 0 Å². The van der Waals surface area contributed by atoms with Crippen LogP contribution in [0.25, 0.3) is 27.9 Å². The van der Waals surface area contributed by atoms with Crippen molar-refractivity contribution >= 4 is 22.3 Å². The summed E-state index contributed by atoms with van der Waals surface area (Å²) in [4.78, 5) is 19.5. The van der Waals surface area contributed by atoms with E-state index in [1.165, 1.54) is 0 Å². The first-order valence-corrected chi connectivity index (χ1v) is 9.60. The maximum absolute atomic E-state index is 12.7. The van der Waals surface area contributed by atoms with Gasteiger partial charge in [0.25, 0.3) is 0 Å². The molecule has 1 aromatic carbocycles. The Bertz CT molecular complexity index is 1180. The molecule has 0 bridgehead atoms. The third-order valence-corrected chi connectivity index (χ3v) is 5.28. The molecule has 142 valence electrons. The third kappa shape index (κ3) is 2.96. The van der Waals surface area contributed by atoms with Crippen LogP contribution in [0.1, 0.15) is 13.8 Å². The minimum atomic E-state index is -0.366. The molecule has 3 aromatic heterocycles. The van der Waals surface area contributed by atoms with Crippen LogP contribution in [0.4, 0.5) is 5.69 Å². The summed E-state index contributed by atoms with van der Waals surface area (Å²) in [6.07, 6.45) is 3.77. The molecular formula is C22H22N4O2. The van der Waals surface area contributed by atoms with E-state index in [2.05, 4.69) is 35.1 Å². The van der Waals surface area contributed by atoms with Crippen LogP contribution in [0.3, 0.4) is 0 Å². The maximum atomic E-state index is 12.7. The van der Waals surface area contributed by atoms with E-state index in [1.54, 1.807) is 0 Å². The molecule has 28 heavy (non-hydrogen) atoms. The van der Waals surface area contributed by atoms with Crippen molar-refractivity contribution in [1.29, 1.82) is 0 Å². The fourth-order valence-corrected chi connectivity index (χ4v) is 4.08. The van der Waals surface area contributed by atoms with E-state index in [0.29, 0.717) is 28.9 Å². The molecule has 1 saturated heterocycles. The van der Waals surface area contributed by atoms with E-state index >= 15 is 0 Å². The number of pyridine rings is 1. The summed E-state index contributed by atoms with van der Waals surface area (Å²) in [5, 5.41) is 4.43. The molecule has 5 rings (SSSR count). The number of fused-ring (bicyclic) bond motifs is 2. The first kappa shape index (κ1) is 17.0. The Kier molecular flexibility index (Phi) is 3.94. The van der Waals surface area contributed by atoms with E-state index < -0.39 is 0 Å². The first-order chi connectivity index (χ1) is 13.6. The average Bonchev–Trinajstić information content (AvgIpc) is 3.10. The zero-order chi connectivity index (χ0) is 19.3. The monoisotopic (exact) mass is 374 g/mol. The van der Waals surface area contributed by atoms with Gasteiger partial charge in [0.15, 0.2) is 0 Å². The normalized spacial score (nSPS) is 20.1. The quantitative estimate of drug-likeness (QED) is 0.546. The Morgan fingerprint density at radius 3 is 2.71 bits per heavy atom. The van der Waals surface area contributed by atoms with Gasteiger partial charge in [0, 0.05) is 54.7 Å². The van der Waals surface area contributed by atoms with Crippen molar-refractivity contribution < 1.29 is 4.42 Å². The smallest absolute Gasteiger partial charge is 0.345 e. The highest BCUT2D eigenvalue weighted by atomic mass is 16.4. The highest BCUT2D eigenvalue weighted by molar-refractivity contribution is 5.84. The second-order valence-electron chi connectivity index (χ2n) is 7.64. The summed E-state index contributed by atoms with van der Waals surface area (Å²) >= 11 is 0. The predicted molar refractivity (Wildman–Crippen MR) is 111 cm³/mol. The van der Waals surface area contributed by atoms with Crippen molar-refractivity contribution in [3.05, 3.63) is 65.3 Å². The Morgan fingerprint density at radius 2 is 1.93 bits per heavy atom. The molecule has 6 nitrogen and oxygen atoms in total. The summed E-state index contributed by atoms with van der Waals surface area (Å²) in [6, 6.07) is 14.6. The molecular weight excluding hydrogens is 352 g/mol. The molecule has 0 spiro atoms. The van der Waals surface area contributed by atoms with Crippen molar-refractivity contribution in [3.8, 4) is 11.3 Å². The Hall–Kier alpha value is -3.12. The van der Waals surface area contributed by atoms with E-state index in [0.717, 1.165) is 29.8 Å². The van der Waals surface area contributed by atoms with Crippen LogP contribution in [-0.4, -0.2) is 34.6 Å². The number of anilines is 1. The number of hydrogen-bond acceptors (Lipinski definition) is 5. The molecule has 0 aliphatic carbocycles. The number of piperazine rings is 1. The summed E-state index contributed by atoms with van der Waals surface area (Å²) < 4.78 is 7.58. The molecule has 0 saturated carbocycles. The van der Waals surface area contributed by atoms with E-state index in [4.69, 9.17) is 4.42 Å². The van der Waals surface area contributed by atoms with Crippen LogP contribution in [0.2, 0.25) is 0 Å². The summed E-state index contributed by atoms with van der Waals surface area (Å²) in [6.45, 7) is 6.23. The van der Waals surface area contributed by atoms with Crippen LogP contribution in [0.15, 0.2) is 64.1 Å². The first-order valence-electron chi connectivity index (χ1n) is 9.60. The SMILES string of the molecule is C[C@@H]1CN(c2ccc3cc(-c4cn5ccccc5n4)c(=O)oc3c2)C[C@H](C)N1. The molecule has 1 aliphatic rings. The number of imidazole rings is 1. The van der Waals surface area contributed by atoms with Crippen molar-refractivity contribution in [2.75, 3.05) is 18.0 Å². The predicted octanol–water partition coefficient (Wildman–Crippen LogP) is 3.29. The van der Waals surface area contributed by atoms with E-state index in [1.807, 2.05) is 53.2 Å². The fourth-order valence-electron chi connectivity index (χ4n) is 4.08. The molecule has 4 aromatic rings. The van der Waals surface area contributed by atoms with Gasteiger partial charge in [-0.05, 0) is 44.2 Å². The zero-order valence-electron chi connectivity index (χ0n) is 15.9. The average molecular weight is 374 g/mol. The van der Waals surface area contributed by atoms with Gasteiger partial charge in [0.05, 0.1) is 11.3 Å². The van der Waals surface area contributed by atoms with Gasteiger partial charge in [0.2, 0.25) is 0 Å². The fraction of sp³-hybridized carbons (Fsp3) is 0.273. The topological polar surface area (TPSA) is 62.8 Å². The van der Waals surface area contributed by atoms with Crippen molar-refractivity contribution in [3.63, 3.8) is 0 Å². The number of rotatable bonds is 2. The highest BCUT2D eigenvalue weighted by Crippen LogP contribution is 2.26. The molecule has 4 heterocycles. The lowest BCUT2D eigenvalue weighted by Gasteiger charge is -2.37. The van der Waals surface area contributed by atoms with Gasteiger partial charge >= 0.3 is 5.63 Å². The molecule has 0 amide bonds.